The monoisotopic (exact) mass is 266 g/mol. The Morgan fingerprint density at radius 1 is 1.56 bits per heavy atom. The van der Waals surface area contributed by atoms with E-state index in [1.54, 1.807) is 16.8 Å². The van der Waals surface area contributed by atoms with Gasteiger partial charge in [0.25, 0.3) is 0 Å². The average molecular weight is 266 g/mol. The summed E-state index contributed by atoms with van der Waals surface area (Å²) in [4.78, 5) is 15.5. The summed E-state index contributed by atoms with van der Waals surface area (Å²) in [5, 5.41) is 7.09. The van der Waals surface area contributed by atoms with Crippen LogP contribution in [-0.2, 0) is 12.3 Å². The van der Waals surface area contributed by atoms with Crippen molar-refractivity contribution in [3.63, 3.8) is 0 Å². The quantitative estimate of drug-likeness (QED) is 0.415. The lowest BCUT2D eigenvalue weighted by Gasteiger charge is -2.03. The van der Waals surface area contributed by atoms with E-state index in [0.717, 1.165) is 5.56 Å². The molecule has 7 nitrogen and oxygen atoms in total. The molecular formula is C10H14N6OS. The average Bonchev–Trinajstić information content (AvgIpc) is 2.77. The van der Waals surface area contributed by atoms with Crippen LogP contribution in [0.3, 0.4) is 0 Å². The minimum Gasteiger partial charge on any atom is -0.308 e. The molecule has 0 aliphatic carbocycles. The van der Waals surface area contributed by atoms with Gasteiger partial charge in [-0.15, -0.1) is 5.10 Å². The molecule has 4 N–H and O–H groups in total. The van der Waals surface area contributed by atoms with Crippen molar-refractivity contribution in [3.05, 3.63) is 34.4 Å². The zero-order chi connectivity index (χ0) is 13.0. The lowest BCUT2D eigenvalue weighted by atomic mass is 10.3. The van der Waals surface area contributed by atoms with Gasteiger partial charge in [0.1, 0.15) is 5.82 Å². The summed E-state index contributed by atoms with van der Waals surface area (Å²) in [6.45, 7) is 2.51. The van der Waals surface area contributed by atoms with Crippen molar-refractivity contribution in [2.75, 3.05) is 5.43 Å². The van der Waals surface area contributed by atoms with E-state index in [-0.39, 0.29) is 5.69 Å². The number of H-pyrrole nitrogens is 1. The Kier molecular flexibility index (Phi) is 4.00. The number of nitrogens with zero attached hydrogens (tertiary/aromatic N) is 3. The topological polar surface area (TPSA) is 102 Å². The SMILES string of the molecule is CCn1c(SCc2ccc(NN)nc2)n[nH]c1=O. The molecule has 2 heterocycles. The molecule has 0 radical (unpaired) electrons. The third-order valence-electron chi connectivity index (χ3n) is 2.38. The molecule has 2 aromatic rings. The zero-order valence-electron chi connectivity index (χ0n) is 9.88. The molecule has 2 aromatic heterocycles. The number of nitrogen functional groups attached to an aromatic ring is 1. The Labute approximate surface area is 108 Å². The van der Waals surface area contributed by atoms with Gasteiger partial charge in [0.15, 0.2) is 5.16 Å². The lowest BCUT2D eigenvalue weighted by Crippen LogP contribution is -2.16. The van der Waals surface area contributed by atoms with Gasteiger partial charge in [-0.3, -0.25) is 4.57 Å². The Morgan fingerprint density at radius 2 is 2.39 bits per heavy atom. The molecule has 0 spiro atoms. The molecule has 0 amide bonds. The maximum Gasteiger partial charge on any atom is 0.343 e. The highest BCUT2D eigenvalue weighted by atomic mass is 32.2. The van der Waals surface area contributed by atoms with Crippen molar-refractivity contribution in [1.82, 2.24) is 19.7 Å². The van der Waals surface area contributed by atoms with Gasteiger partial charge in [0, 0.05) is 18.5 Å². The first-order valence-corrected chi connectivity index (χ1v) is 6.42. The lowest BCUT2D eigenvalue weighted by molar-refractivity contribution is 0.660. The highest BCUT2D eigenvalue weighted by molar-refractivity contribution is 7.98. The Morgan fingerprint density at radius 3 is 3.00 bits per heavy atom. The minimum absolute atomic E-state index is 0.180. The first kappa shape index (κ1) is 12.7. The number of aromatic amines is 1. The molecule has 96 valence electrons. The van der Waals surface area contributed by atoms with E-state index in [1.807, 2.05) is 13.0 Å². The number of aromatic nitrogens is 4. The number of nitrogens with one attached hydrogen (secondary N) is 2. The van der Waals surface area contributed by atoms with Crippen LogP contribution in [0.1, 0.15) is 12.5 Å². The fourth-order valence-corrected chi connectivity index (χ4v) is 2.38. The van der Waals surface area contributed by atoms with E-state index < -0.39 is 0 Å². The van der Waals surface area contributed by atoms with Crippen LogP contribution >= 0.6 is 11.8 Å². The number of hydrogen-bond donors (Lipinski definition) is 3. The van der Waals surface area contributed by atoms with Crippen molar-refractivity contribution < 1.29 is 0 Å². The molecule has 0 saturated heterocycles. The predicted molar refractivity (Wildman–Crippen MR) is 70.1 cm³/mol. The molecule has 0 bridgehead atoms. The van der Waals surface area contributed by atoms with E-state index in [1.165, 1.54) is 11.8 Å². The van der Waals surface area contributed by atoms with Crippen LogP contribution in [0.15, 0.2) is 28.3 Å². The van der Waals surface area contributed by atoms with Crippen LogP contribution in [0.2, 0.25) is 0 Å². The molecule has 18 heavy (non-hydrogen) atoms. The van der Waals surface area contributed by atoms with Crippen LogP contribution in [-0.4, -0.2) is 19.7 Å². The summed E-state index contributed by atoms with van der Waals surface area (Å²) in [5.74, 6) is 6.55. The maximum atomic E-state index is 11.4. The largest absolute Gasteiger partial charge is 0.343 e. The van der Waals surface area contributed by atoms with Crippen LogP contribution in [0, 0.1) is 0 Å². The molecule has 0 atom stereocenters. The molecular weight excluding hydrogens is 252 g/mol. The van der Waals surface area contributed by atoms with Gasteiger partial charge < -0.3 is 5.43 Å². The van der Waals surface area contributed by atoms with Crippen molar-refractivity contribution in [3.8, 4) is 0 Å². The van der Waals surface area contributed by atoms with Gasteiger partial charge in [0.2, 0.25) is 0 Å². The van der Waals surface area contributed by atoms with E-state index >= 15 is 0 Å². The molecule has 0 aromatic carbocycles. The van der Waals surface area contributed by atoms with Crippen LogP contribution in [0.4, 0.5) is 5.82 Å². The van der Waals surface area contributed by atoms with Gasteiger partial charge in [-0.2, -0.15) is 0 Å². The zero-order valence-corrected chi connectivity index (χ0v) is 10.7. The summed E-state index contributed by atoms with van der Waals surface area (Å²) < 4.78 is 1.59. The van der Waals surface area contributed by atoms with Gasteiger partial charge >= 0.3 is 5.69 Å². The van der Waals surface area contributed by atoms with E-state index in [2.05, 4.69) is 20.6 Å². The summed E-state index contributed by atoms with van der Waals surface area (Å²) in [7, 11) is 0. The molecule has 2 rings (SSSR count). The summed E-state index contributed by atoms with van der Waals surface area (Å²) >= 11 is 1.49. The normalized spacial score (nSPS) is 10.6. The number of hydrazine groups is 1. The first-order valence-electron chi connectivity index (χ1n) is 5.44. The third kappa shape index (κ3) is 2.71. The maximum absolute atomic E-state index is 11.4. The van der Waals surface area contributed by atoms with Gasteiger partial charge in [-0.05, 0) is 18.6 Å². The highest BCUT2D eigenvalue weighted by Crippen LogP contribution is 2.19. The second kappa shape index (κ2) is 5.69. The van der Waals surface area contributed by atoms with Crippen molar-refractivity contribution in [1.29, 1.82) is 0 Å². The Balaban J connectivity index is 2.04. The smallest absolute Gasteiger partial charge is 0.308 e. The van der Waals surface area contributed by atoms with Gasteiger partial charge in [-0.25, -0.2) is 20.7 Å². The van der Waals surface area contributed by atoms with Crippen molar-refractivity contribution in [2.45, 2.75) is 24.4 Å². The molecule has 0 aliphatic heterocycles. The van der Waals surface area contributed by atoms with E-state index in [4.69, 9.17) is 5.84 Å². The van der Waals surface area contributed by atoms with Gasteiger partial charge in [0.05, 0.1) is 0 Å². The molecule has 0 aliphatic rings. The van der Waals surface area contributed by atoms with Crippen LogP contribution in [0.5, 0.6) is 0 Å². The number of rotatable bonds is 5. The minimum atomic E-state index is -0.180. The second-order valence-corrected chi connectivity index (χ2v) is 4.48. The number of pyridine rings is 1. The van der Waals surface area contributed by atoms with Crippen molar-refractivity contribution in [2.24, 2.45) is 5.84 Å². The molecule has 0 unspecified atom stereocenters. The number of hydrogen-bond acceptors (Lipinski definition) is 6. The predicted octanol–water partition coefficient (Wildman–Crippen LogP) is 0.564. The third-order valence-corrected chi connectivity index (χ3v) is 3.43. The van der Waals surface area contributed by atoms with Crippen LogP contribution < -0.4 is 17.0 Å². The first-order chi connectivity index (χ1) is 8.74. The fourth-order valence-electron chi connectivity index (χ4n) is 1.44. The molecule has 8 heteroatoms. The summed E-state index contributed by atoms with van der Waals surface area (Å²) in [5.41, 5.74) is 3.33. The van der Waals surface area contributed by atoms with Gasteiger partial charge in [-0.1, -0.05) is 17.8 Å². The number of anilines is 1. The Bertz CT molecular complexity index is 560. The van der Waals surface area contributed by atoms with E-state index in [9.17, 15) is 4.79 Å². The standard InChI is InChI=1S/C10H14N6OS/c1-2-16-9(17)14-15-10(16)18-6-7-3-4-8(13-11)12-5-7/h3-5H,2,6,11H2,1H3,(H,12,13)(H,14,17). The van der Waals surface area contributed by atoms with Crippen molar-refractivity contribution >= 4 is 17.6 Å². The Hall–Kier alpha value is -1.80. The number of thioether (sulfide) groups is 1. The summed E-state index contributed by atoms with van der Waals surface area (Å²) in [6.07, 6.45) is 1.74. The summed E-state index contributed by atoms with van der Waals surface area (Å²) in [6, 6.07) is 3.73. The van der Waals surface area contributed by atoms with E-state index in [0.29, 0.717) is 23.3 Å². The fraction of sp³-hybridized carbons (Fsp3) is 0.300. The molecule has 0 fully saturated rings. The number of nitrogens with two attached hydrogens (primary N) is 1. The molecule has 0 saturated carbocycles. The second-order valence-electron chi connectivity index (χ2n) is 3.54. The van der Waals surface area contributed by atoms with Crippen LogP contribution in [0.25, 0.3) is 0 Å². The highest BCUT2D eigenvalue weighted by Gasteiger charge is 2.07.